The SMILES string of the molecule is Clc1cc2ncc(-c3nc4ccccc4[nH]3)c(N[C@H]3CN4CCC3CC4)c2cc1Cl. The number of nitrogens with one attached hydrogen (secondary N) is 2. The van der Waals surface area contributed by atoms with Crippen molar-refractivity contribution in [2.45, 2.75) is 18.9 Å². The highest BCUT2D eigenvalue weighted by Crippen LogP contribution is 2.39. The first-order valence-corrected chi connectivity index (χ1v) is 11.1. The summed E-state index contributed by atoms with van der Waals surface area (Å²) in [7, 11) is 0. The molecular weight excluding hydrogens is 417 g/mol. The average molecular weight is 438 g/mol. The van der Waals surface area contributed by atoms with Crippen molar-refractivity contribution < 1.29 is 0 Å². The lowest BCUT2D eigenvalue weighted by Gasteiger charge is -2.45. The Morgan fingerprint density at radius 2 is 1.83 bits per heavy atom. The number of fused-ring (bicyclic) bond motifs is 5. The lowest BCUT2D eigenvalue weighted by molar-refractivity contribution is 0.0976. The van der Waals surface area contributed by atoms with Crippen LogP contribution < -0.4 is 5.32 Å². The van der Waals surface area contributed by atoms with Gasteiger partial charge in [-0.25, -0.2) is 4.98 Å². The summed E-state index contributed by atoms with van der Waals surface area (Å²) in [5.74, 6) is 1.49. The summed E-state index contributed by atoms with van der Waals surface area (Å²) in [4.78, 5) is 15.5. The van der Waals surface area contributed by atoms with Crippen molar-refractivity contribution in [3.63, 3.8) is 0 Å². The Morgan fingerprint density at radius 3 is 2.60 bits per heavy atom. The average Bonchev–Trinajstić information content (AvgIpc) is 3.20. The third kappa shape index (κ3) is 3.04. The van der Waals surface area contributed by atoms with Crippen LogP contribution in [0.1, 0.15) is 12.8 Å². The van der Waals surface area contributed by atoms with Gasteiger partial charge in [0.05, 0.1) is 37.8 Å². The zero-order valence-corrected chi connectivity index (χ0v) is 17.8. The number of H-pyrrole nitrogens is 1. The predicted molar refractivity (Wildman–Crippen MR) is 123 cm³/mol. The van der Waals surface area contributed by atoms with Gasteiger partial charge in [-0.05, 0) is 56.1 Å². The lowest BCUT2D eigenvalue weighted by atomic mass is 9.83. The van der Waals surface area contributed by atoms with Gasteiger partial charge in [0.1, 0.15) is 5.82 Å². The molecule has 0 spiro atoms. The minimum absolute atomic E-state index is 0.399. The predicted octanol–water partition coefficient (Wildman–Crippen LogP) is 5.59. The van der Waals surface area contributed by atoms with Crippen LogP contribution in [0.4, 0.5) is 5.69 Å². The quantitative estimate of drug-likeness (QED) is 0.438. The Balaban J connectivity index is 1.53. The molecule has 2 aromatic heterocycles. The van der Waals surface area contributed by atoms with E-state index in [-0.39, 0.29) is 0 Å². The van der Waals surface area contributed by atoms with Crippen LogP contribution in [0.5, 0.6) is 0 Å². The zero-order chi connectivity index (χ0) is 20.2. The van der Waals surface area contributed by atoms with E-state index in [0.717, 1.165) is 45.6 Å². The second-order valence-corrected chi connectivity index (χ2v) is 9.14. The number of benzene rings is 2. The van der Waals surface area contributed by atoms with Crippen LogP contribution in [0, 0.1) is 5.92 Å². The van der Waals surface area contributed by atoms with Crippen molar-refractivity contribution in [3.05, 3.63) is 52.6 Å². The normalized spacial score (nSPS) is 23.3. The standard InChI is InChI=1S/C23H21Cl2N5/c24-16-9-14-20(10-17(16)25)26-11-15(23-28-18-3-1-2-4-19(18)29-23)22(14)27-21-12-30-7-5-13(21)6-8-30/h1-4,9-11,13,21H,5-8,12H2,(H,26,27)(H,28,29)/t21-/m0/s1. The number of hydrogen-bond donors (Lipinski definition) is 2. The number of imidazole rings is 1. The summed E-state index contributed by atoms with van der Waals surface area (Å²) in [5.41, 5.74) is 4.75. The monoisotopic (exact) mass is 437 g/mol. The molecule has 0 radical (unpaired) electrons. The molecule has 152 valence electrons. The van der Waals surface area contributed by atoms with E-state index in [2.05, 4.69) is 20.2 Å². The molecule has 0 amide bonds. The maximum absolute atomic E-state index is 6.41. The van der Waals surface area contributed by atoms with E-state index in [0.29, 0.717) is 22.0 Å². The molecule has 5 nitrogen and oxygen atoms in total. The molecule has 1 atom stereocenters. The smallest absolute Gasteiger partial charge is 0.142 e. The zero-order valence-electron chi connectivity index (χ0n) is 16.3. The molecule has 4 aromatic rings. The van der Waals surface area contributed by atoms with Crippen molar-refractivity contribution in [2.24, 2.45) is 5.92 Å². The summed E-state index contributed by atoms with van der Waals surface area (Å²) < 4.78 is 0. The third-order valence-corrected chi connectivity index (χ3v) is 7.26. The second-order valence-electron chi connectivity index (χ2n) is 8.32. The van der Waals surface area contributed by atoms with E-state index in [1.54, 1.807) is 0 Å². The molecule has 3 aliphatic rings. The molecule has 0 unspecified atom stereocenters. The highest BCUT2D eigenvalue weighted by Gasteiger charge is 2.34. The van der Waals surface area contributed by atoms with Gasteiger partial charge in [-0.2, -0.15) is 0 Å². The molecule has 0 saturated carbocycles. The van der Waals surface area contributed by atoms with Crippen LogP contribution in [0.2, 0.25) is 10.0 Å². The molecule has 7 rings (SSSR count). The van der Waals surface area contributed by atoms with Crippen LogP contribution >= 0.6 is 23.2 Å². The molecule has 3 aliphatic heterocycles. The highest BCUT2D eigenvalue weighted by molar-refractivity contribution is 6.43. The Morgan fingerprint density at radius 1 is 1.03 bits per heavy atom. The minimum Gasteiger partial charge on any atom is -0.380 e. The summed E-state index contributed by atoms with van der Waals surface area (Å²) in [6, 6.07) is 12.2. The fraction of sp³-hybridized carbons (Fsp3) is 0.304. The maximum atomic E-state index is 6.41. The van der Waals surface area contributed by atoms with Crippen molar-refractivity contribution in [2.75, 3.05) is 25.0 Å². The molecule has 3 saturated heterocycles. The van der Waals surface area contributed by atoms with Gasteiger partial charge in [-0.1, -0.05) is 35.3 Å². The first-order chi connectivity index (χ1) is 14.7. The van der Waals surface area contributed by atoms with Gasteiger partial charge in [-0.15, -0.1) is 0 Å². The molecular formula is C23H21Cl2N5. The van der Waals surface area contributed by atoms with E-state index in [4.69, 9.17) is 28.2 Å². The number of nitrogens with zero attached hydrogens (tertiary/aromatic N) is 3. The number of halogens is 2. The largest absolute Gasteiger partial charge is 0.380 e. The molecule has 3 fully saturated rings. The number of para-hydroxylation sites is 2. The number of hydrogen-bond acceptors (Lipinski definition) is 4. The van der Waals surface area contributed by atoms with Crippen molar-refractivity contribution in [3.8, 4) is 11.4 Å². The fourth-order valence-electron chi connectivity index (χ4n) is 4.92. The summed E-state index contributed by atoms with van der Waals surface area (Å²) >= 11 is 12.7. The number of piperidine rings is 3. The van der Waals surface area contributed by atoms with Gasteiger partial charge >= 0.3 is 0 Å². The third-order valence-electron chi connectivity index (χ3n) is 6.54. The first-order valence-electron chi connectivity index (χ1n) is 10.4. The summed E-state index contributed by atoms with van der Waals surface area (Å²) in [5, 5.41) is 5.89. The topological polar surface area (TPSA) is 56.8 Å². The van der Waals surface area contributed by atoms with E-state index >= 15 is 0 Å². The number of anilines is 1. The first kappa shape index (κ1) is 18.4. The van der Waals surface area contributed by atoms with E-state index in [1.807, 2.05) is 42.6 Å². The van der Waals surface area contributed by atoms with Crippen LogP contribution in [0.15, 0.2) is 42.6 Å². The Bertz CT molecular complexity index is 1230. The molecule has 2 bridgehead atoms. The summed E-state index contributed by atoms with van der Waals surface area (Å²) in [6.07, 6.45) is 4.37. The van der Waals surface area contributed by atoms with Gasteiger partial charge in [0.25, 0.3) is 0 Å². The minimum atomic E-state index is 0.399. The van der Waals surface area contributed by atoms with Crippen LogP contribution in [0.3, 0.4) is 0 Å². The van der Waals surface area contributed by atoms with Crippen molar-refractivity contribution >= 4 is 50.8 Å². The Labute approximate surface area is 184 Å². The van der Waals surface area contributed by atoms with Crippen molar-refractivity contribution in [1.82, 2.24) is 19.9 Å². The molecule has 5 heterocycles. The van der Waals surface area contributed by atoms with Gasteiger partial charge in [0.2, 0.25) is 0 Å². The molecule has 0 aliphatic carbocycles. The van der Waals surface area contributed by atoms with Gasteiger partial charge in [0, 0.05) is 24.2 Å². The second kappa shape index (κ2) is 7.12. The molecule has 2 aromatic carbocycles. The number of aromatic nitrogens is 3. The van der Waals surface area contributed by atoms with Crippen LogP contribution in [0.25, 0.3) is 33.3 Å². The van der Waals surface area contributed by atoms with E-state index < -0.39 is 0 Å². The number of pyridine rings is 1. The van der Waals surface area contributed by atoms with Crippen LogP contribution in [-0.4, -0.2) is 45.5 Å². The highest BCUT2D eigenvalue weighted by atomic mass is 35.5. The number of aromatic amines is 1. The van der Waals surface area contributed by atoms with Gasteiger partial charge < -0.3 is 15.2 Å². The number of rotatable bonds is 3. The Kier molecular flexibility index (Phi) is 4.37. The molecule has 7 heteroatoms. The Hall–Kier alpha value is -2.34. The lowest BCUT2D eigenvalue weighted by Crippen LogP contribution is -2.53. The molecule has 2 N–H and O–H groups in total. The van der Waals surface area contributed by atoms with Gasteiger partial charge in [0.15, 0.2) is 0 Å². The van der Waals surface area contributed by atoms with E-state index in [1.165, 1.54) is 25.9 Å². The van der Waals surface area contributed by atoms with E-state index in [9.17, 15) is 0 Å². The summed E-state index contributed by atoms with van der Waals surface area (Å²) in [6.45, 7) is 3.48. The van der Waals surface area contributed by atoms with Crippen LogP contribution in [-0.2, 0) is 0 Å². The van der Waals surface area contributed by atoms with Crippen molar-refractivity contribution in [1.29, 1.82) is 0 Å². The fourth-order valence-corrected chi connectivity index (χ4v) is 5.24. The maximum Gasteiger partial charge on any atom is 0.142 e. The van der Waals surface area contributed by atoms with Gasteiger partial charge in [-0.3, -0.25) is 4.98 Å². The molecule has 30 heavy (non-hydrogen) atoms.